The number of benzene rings is 1. The van der Waals surface area contributed by atoms with Crippen LogP contribution in [0, 0.1) is 13.8 Å². The second-order valence-corrected chi connectivity index (χ2v) is 6.61. The predicted octanol–water partition coefficient (Wildman–Crippen LogP) is 2.81. The van der Waals surface area contributed by atoms with E-state index in [4.69, 9.17) is 9.47 Å². The third kappa shape index (κ3) is 3.55. The molecule has 1 aromatic carbocycles. The number of rotatable bonds is 6. The molecule has 0 aliphatic rings. The lowest BCUT2D eigenvalue weighted by Crippen LogP contribution is -2.18. The molecule has 146 valence electrons. The highest BCUT2D eigenvalue weighted by atomic mass is 16.5. The van der Waals surface area contributed by atoms with Crippen molar-refractivity contribution in [2.45, 2.75) is 20.4 Å². The Kier molecular flexibility index (Phi) is 5.35. The van der Waals surface area contributed by atoms with Crippen LogP contribution in [0.2, 0.25) is 0 Å². The fourth-order valence-electron chi connectivity index (χ4n) is 3.20. The lowest BCUT2D eigenvalue weighted by atomic mass is 10.1. The van der Waals surface area contributed by atoms with Gasteiger partial charge in [-0.25, -0.2) is 4.79 Å². The van der Waals surface area contributed by atoms with E-state index in [-0.39, 0.29) is 18.9 Å². The molecule has 2 heterocycles. The Bertz CT molecular complexity index is 1070. The van der Waals surface area contributed by atoms with E-state index in [0.29, 0.717) is 22.0 Å². The van der Waals surface area contributed by atoms with Crippen LogP contribution in [0.1, 0.15) is 32.1 Å². The first-order valence-electron chi connectivity index (χ1n) is 8.81. The second-order valence-electron chi connectivity index (χ2n) is 6.61. The molecular weight excluding hydrogens is 360 g/mol. The summed E-state index contributed by atoms with van der Waals surface area (Å²) in [5.41, 5.74) is 3.42. The number of nitrogens with zero attached hydrogens (tertiary/aromatic N) is 2. The first-order chi connectivity index (χ1) is 13.3. The summed E-state index contributed by atoms with van der Waals surface area (Å²) in [5, 5.41) is 0.689. The fourth-order valence-corrected chi connectivity index (χ4v) is 3.20. The van der Waals surface area contributed by atoms with E-state index in [1.54, 1.807) is 35.0 Å². The Morgan fingerprint density at radius 2 is 1.79 bits per heavy atom. The maximum Gasteiger partial charge on any atom is 0.340 e. The molecule has 0 saturated carbocycles. The van der Waals surface area contributed by atoms with Gasteiger partial charge in [-0.15, -0.1) is 0 Å². The molecule has 2 aromatic heterocycles. The van der Waals surface area contributed by atoms with Gasteiger partial charge in [-0.3, -0.25) is 9.59 Å². The summed E-state index contributed by atoms with van der Waals surface area (Å²) >= 11 is 0. The zero-order valence-corrected chi connectivity index (χ0v) is 16.3. The molecule has 7 nitrogen and oxygen atoms in total. The van der Waals surface area contributed by atoms with E-state index >= 15 is 0 Å². The third-order valence-corrected chi connectivity index (χ3v) is 4.93. The lowest BCUT2D eigenvalue weighted by Gasteiger charge is -2.07. The number of carbonyl (C=O) groups is 3. The maximum atomic E-state index is 12.4. The number of para-hydroxylation sites is 1. The molecule has 0 aliphatic heterocycles. The molecule has 0 aliphatic carbocycles. The fraction of sp³-hybridized carbons (Fsp3) is 0.286. The second kappa shape index (κ2) is 7.72. The third-order valence-electron chi connectivity index (χ3n) is 4.93. The van der Waals surface area contributed by atoms with E-state index < -0.39 is 11.9 Å². The monoisotopic (exact) mass is 382 g/mol. The number of hydrogen-bond acceptors (Lipinski definition) is 5. The summed E-state index contributed by atoms with van der Waals surface area (Å²) in [6.07, 6.45) is 1.56. The summed E-state index contributed by atoms with van der Waals surface area (Å²) in [7, 11) is 3.19. The Morgan fingerprint density at radius 1 is 1.07 bits per heavy atom. The Balaban J connectivity index is 1.72. The van der Waals surface area contributed by atoms with Gasteiger partial charge in [-0.05, 0) is 26.0 Å². The van der Waals surface area contributed by atoms with Gasteiger partial charge >= 0.3 is 11.9 Å². The summed E-state index contributed by atoms with van der Waals surface area (Å²) in [6.45, 7) is 3.32. The molecular formula is C21H22N2O5. The van der Waals surface area contributed by atoms with Crippen molar-refractivity contribution in [3.63, 3.8) is 0 Å². The Hall–Kier alpha value is -3.35. The average Bonchev–Trinajstić information content (AvgIpc) is 3.18. The molecule has 0 bridgehead atoms. The van der Waals surface area contributed by atoms with Gasteiger partial charge in [0.25, 0.3) is 0 Å². The summed E-state index contributed by atoms with van der Waals surface area (Å²) < 4.78 is 13.5. The van der Waals surface area contributed by atoms with Crippen molar-refractivity contribution >= 4 is 28.6 Å². The lowest BCUT2D eigenvalue weighted by molar-refractivity contribution is -0.143. The highest BCUT2D eigenvalue weighted by Crippen LogP contribution is 2.22. The minimum absolute atomic E-state index is 0.114. The number of carbonyl (C=O) groups excluding carboxylic acids is 3. The smallest absolute Gasteiger partial charge is 0.340 e. The predicted molar refractivity (Wildman–Crippen MR) is 103 cm³/mol. The minimum atomic E-state index is -0.559. The van der Waals surface area contributed by atoms with Crippen LogP contribution >= 0.6 is 0 Å². The van der Waals surface area contributed by atoms with Gasteiger partial charge in [-0.1, -0.05) is 18.2 Å². The van der Waals surface area contributed by atoms with E-state index in [0.717, 1.165) is 11.4 Å². The molecule has 28 heavy (non-hydrogen) atoms. The zero-order chi connectivity index (χ0) is 20.4. The number of ketones is 1. The SMILES string of the molecule is COC(=O)c1cn(CC(=O)OCC(=O)c2cc(C)n(C)c2C)c2ccccc12. The van der Waals surface area contributed by atoms with Gasteiger partial charge in [0.15, 0.2) is 6.61 Å². The number of Topliss-reactive ketones (excluding diaryl/α,β-unsaturated/α-hetero) is 1. The van der Waals surface area contributed by atoms with Crippen molar-refractivity contribution in [2.75, 3.05) is 13.7 Å². The van der Waals surface area contributed by atoms with Crippen molar-refractivity contribution < 1.29 is 23.9 Å². The molecule has 0 N–H and O–H groups in total. The van der Waals surface area contributed by atoms with Crippen molar-refractivity contribution in [3.05, 3.63) is 59.0 Å². The number of methoxy groups -OCH3 is 1. The number of aromatic nitrogens is 2. The van der Waals surface area contributed by atoms with Crippen molar-refractivity contribution in [2.24, 2.45) is 7.05 Å². The van der Waals surface area contributed by atoms with Crippen LogP contribution < -0.4 is 0 Å². The van der Waals surface area contributed by atoms with E-state index in [1.807, 2.05) is 31.5 Å². The number of aryl methyl sites for hydroxylation is 1. The number of fused-ring (bicyclic) bond motifs is 1. The van der Waals surface area contributed by atoms with Crippen LogP contribution in [0.25, 0.3) is 10.9 Å². The molecule has 0 spiro atoms. The molecule has 3 aromatic rings. The first kappa shape index (κ1) is 19.4. The quantitative estimate of drug-likeness (QED) is 0.484. The average molecular weight is 382 g/mol. The van der Waals surface area contributed by atoms with Crippen molar-refractivity contribution in [3.8, 4) is 0 Å². The number of esters is 2. The number of ether oxygens (including phenoxy) is 2. The van der Waals surface area contributed by atoms with E-state index in [9.17, 15) is 14.4 Å². The molecule has 7 heteroatoms. The molecule has 0 amide bonds. The molecule has 0 atom stereocenters. The van der Waals surface area contributed by atoms with E-state index in [2.05, 4.69) is 0 Å². The van der Waals surface area contributed by atoms with Crippen LogP contribution in [0.15, 0.2) is 36.5 Å². The largest absolute Gasteiger partial charge is 0.465 e. The number of hydrogen-bond donors (Lipinski definition) is 0. The standard InChI is InChI=1S/C21H22N2O5/c1-13-9-16(14(2)22(13)3)19(24)12-28-20(25)11-23-10-17(21(26)27-4)15-7-5-6-8-18(15)23/h5-10H,11-12H2,1-4H3. The van der Waals surface area contributed by atoms with Crippen LogP contribution in [0.4, 0.5) is 0 Å². The van der Waals surface area contributed by atoms with Crippen LogP contribution in [0.5, 0.6) is 0 Å². The van der Waals surface area contributed by atoms with Gasteiger partial charge in [0.05, 0.1) is 12.7 Å². The van der Waals surface area contributed by atoms with Gasteiger partial charge < -0.3 is 18.6 Å². The maximum absolute atomic E-state index is 12.4. The summed E-state index contributed by atoms with van der Waals surface area (Å²) in [6, 6.07) is 8.99. The molecule has 0 fully saturated rings. The van der Waals surface area contributed by atoms with Crippen LogP contribution in [-0.4, -0.2) is 40.6 Å². The highest BCUT2D eigenvalue weighted by Gasteiger charge is 2.19. The topological polar surface area (TPSA) is 79.5 Å². The molecule has 0 saturated heterocycles. The van der Waals surface area contributed by atoms with Crippen molar-refractivity contribution in [1.29, 1.82) is 0 Å². The van der Waals surface area contributed by atoms with Gasteiger partial charge in [0.1, 0.15) is 6.54 Å². The molecule has 0 unspecified atom stereocenters. The summed E-state index contributed by atoms with van der Waals surface area (Å²) in [5.74, 6) is -1.29. The Labute approximate surface area is 162 Å². The van der Waals surface area contributed by atoms with Gasteiger partial charge in [0.2, 0.25) is 5.78 Å². The van der Waals surface area contributed by atoms with Crippen molar-refractivity contribution in [1.82, 2.24) is 9.13 Å². The zero-order valence-electron chi connectivity index (χ0n) is 16.3. The molecule has 3 rings (SSSR count). The highest BCUT2D eigenvalue weighted by molar-refractivity contribution is 6.04. The van der Waals surface area contributed by atoms with E-state index in [1.165, 1.54) is 7.11 Å². The Morgan fingerprint density at radius 3 is 2.43 bits per heavy atom. The van der Waals surface area contributed by atoms with Crippen LogP contribution in [0.3, 0.4) is 0 Å². The first-order valence-corrected chi connectivity index (χ1v) is 8.81. The normalized spacial score (nSPS) is 10.9. The molecule has 0 radical (unpaired) electrons. The van der Waals surface area contributed by atoms with Gasteiger partial charge in [-0.2, -0.15) is 0 Å². The van der Waals surface area contributed by atoms with Gasteiger partial charge in [0, 0.05) is 41.1 Å². The summed E-state index contributed by atoms with van der Waals surface area (Å²) in [4.78, 5) is 36.6. The minimum Gasteiger partial charge on any atom is -0.465 e. The van der Waals surface area contributed by atoms with Crippen LogP contribution in [-0.2, 0) is 27.9 Å².